The molecule has 0 amide bonds. The van der Waals surface area contributed by atoms with Crippen LogP contribution in [-0.2, 0) is 19.3 Å². The Morgan fingerprint density at radius 1 is 0.679 bits per heavy atom. The van der Waals surface area contributed by atoms with Crippen LogP contribution in [0.1, 0.15) is 49.9 Å². The fourth-order valence-corrected chi connectivity index (χ4v) is 3.23. The fraction of sp³-hybridized carbons (Fsp3) is 0.346. The number of aryl methyl sites for hydroxylation is 3. The van der Waals surface area contributed by atoms with Crippen LogP contribution in [0.5, 0.6) is 5.75 Å². The number of nitrogens with zero attached hydrogens (tertiary/aromatic N) is 1. The van der Waals surface area contributed by atoms with Gasteiger partial charge in [0.2, 0.25) is 0 Å². The molecule has 0 aliphatic rings. The third kappa shape index (κ3) is 5.95. The molecule has 0 spiro atoms. The van der Waals surface area contributed by atoms with Crippen LogP contribution in [0.15, 0.2) is 66.9 Å². The Hall–Kier alpha value is -2.61. The molecular weight excluding hydrogens is 342 g/mol. The molecule has 0 saturated carbocycles. The van der Waals surface area contributed by atoms with Crippen LogP contribution in [0.25, 0.3) is 11.1 Å². The molecule has 0 radical (unpaired) electrons. The molecule has 2 heteroatoms. The average molecular weight is 374 g/mol. The van der Waals surface area contributed by atoms with Crippen molar-refractivity contribution in [1.29, 1.82) is 0 Å². The lowest BCUT2D eigenvalue weighted by molar-refractivity contribution is 0.317. The second kappa shape index (κ2) is 10.7. The molecule has 2 aromatic carbocycles. The monoisotopic (exact) mass is 373 g/mol. The summed E-state index contributed by atoms with van der Waals surface area (Å²) in [5.74, 6) is 0.940. The van der Waals surface area contributed by atoms with E-state index in [-0.39, 0.29) is 0 Å². The predicted molar refractivity (Wildman–Crippen MR) is 118 cm³/mol. The number of unbranched alkanes of at least 4 members (excludes halogenated alkanes) is 1. The van der Waals surface area contributed by atoms with Crippen molar-refractivity contribution in [2.24, 2.45) is 0 Å². The first-order valence-electron chi connectivity index (χ1n) is 10.5. The van der Waals surface area contributed by atoms with Crippen molar-refractivity contribution in [3.8, 4) is 16.9 Å². The van der Waals surface area contributed by atoms with E-state index in [1.165, 1.54) is 40.8 Å². The van der Waals surface area contributed by atoms with Crippen LogP contribution < -0.4 is 4.74 Å². The largest absolute Gasteiger partial charge is 0.494 e. The maximum absolute atomic E-state index is 5.66. The standard InChI is InChI=1S/C26H31NO/c1-3-5-6-22-10-16-25(27-20-22)15-9-21-7-11-23(12-8-21)24-13-17-26(18-14-24)28-19-4-2/h7-8,10-14,16-18,20H,3-6,9,15,19H2,1-2H3. The molecule has 0 unspecified atom stereocenters. The predicted octanol–water partition coefficient (Wildman–Crippen LogP) is 6.67. The highest BCUT2D eigenvalue weighted by molar-refractivity contribution is 5.64. The van der Waals surface area contributed by atoms with Gasteiger partial charge in [-0.05, 0) is 72.6 Å². The van der Waals surface area contributed by atoms with Crippen LogP contribution in [-0.4, -0.2) is 11.6 Å². The van der Waals surface area contributed by atoms with Gasteiger partial charge >= 0.3 is 0 Å². The highest BCUT2D eigenvalue weighted by Crippen LogP contribution is 2.23. The molecule has 3 rings (SSSR count). The van der Waals surface area contributed by atoms with E-state index >= 15 is 0 Å². The Labute approximate surface area is 169 Å². The van der Waals surface area contributed by atoms with E-state index in [4.69, 9.17) is 4.74 Å². The molecule has 0 atom stereocenters. The molecule has 1 aromatic heterocycles. The summed E-state index contributed by atoms with van der Waals surface area (Å²) in [6, 6.07) is 21.6. The quantitative estimate of drug-likeness (QED) is 0.396. The number of hydrogen-bond acceptors (Lipinski definition) is 2. The summed E-state index contributed by atoms with van der Waals surface area (Å²) in [7, 11) is 0. The van der Waals surface area contributed by atoms with Crippen molar-refractivity contribution in [2.75, 3.05) is 6.61 Å². The summed E-state index contributed by atoms with van der Waals surface area (Å²) >= 11 is 0. The molecule has 0 aliphatic carbocycles. The minimum Gasteiger partial charge on any atom is -0.494 e. The second-order valence-corrected chi connectivity index (χ2v) is 7.33. The van der Waals surface area contributed by atoms with Crippen LogP contribution in [0, 0.1) is 0 Å². The molecule has 28 heavy (non-hydrogen) atoms. The lowest BCUT2D eigenvalue weighted by atomic mass is 10.0. The van der Waals surface area contributed by atoms with Gasteiger partial charge in [0.15, 0.2) is 0 Å². The summed E-state index contributed by atoms with van der Waals surface area (Å²) < 4.78 is 5.66. The lowest BCUT2D eigenvalue weighted by Crippen LogP contribution is -1.96. The van der Waals surface area contributed by atoms with E-state index in [0.717, 1.165) is 38.0 Å². The highest BCUT2D eigenvalue weighted by atomic mass is 16.5. The molecule has 0 N–H and O–H groups in total. The van der Waals surface area contributed by atoms with E-state index in [1.54, 1.807) is 0 Å². The maximum Gasteiger partial charge on any atom is 0.119 e. The van der Waals surface area contributed by atoms with Crippen molar-refractivity contribution in [2.45, 2.75) is 52.4 Å². The molecule has 1 heterocycles. The topological polar surface area (TPSA) is 22.1 Å². The zero-order chi connectivity index (χ0) is 19.6. The number of pyridine rings is 1. The van der Waals surface area contributed by atoms with Gasteiger partial charge in [0.1, 0.15) is 5.75 Å². The lowest BCUT2D eigenvalue weighted by Gasteiger charge is -2.08. The molecule has 0 fully saturated rings. The van der Waals surface area contributed by atoms with Gasteiger partial charge in [-0.15, -0.1) is 0 Å². The number of aromatic nitrogens is 1. The Morgan fingerprint density at radius 2 is 1.36 bits per heavy atom. The summed E-state index contributed by atoms with van der Waals surface area (Å²) in [6.07, 6.45) is 8.68. The summed E-state index contributed by atoms with van der Waals surface area (Å²) in [6.45, 7) is 5.11. The third-order valence-corrected chi connectivity index (χ3v) is 4.99. The molecule has 0 saturated heterocycles. The van der Waals surface area contributed by atoms with Crippen molar-refractivity contribution < 1.29 is 4.74 Å². The minimum absolute atomic E-state index is 0.768. The first kappa shape index (κ1) is 20.1. The number of benzene rings is 2. The van der Waals surface area contributed by atoms with Gasteiger partial charge in [-0.25, -0.2) is 0 Å². The molecule has 0 bridgehead atoms. The smallest absolute Gasteiger partial charge is 0.119 e. The Balaban J connectivity index is 1.54. The van der Waals surface area contributed by atoms with Crippen molar-refractivity contribution >= 4 is 0 Å². The van der Waals surface area contributed by atoms with E-state index in [0.29, 0.717) is 0 Å². The first-order chi connectivity index (χ1) is 13.8. The number of ether oxygens (including phenoxy) is 1. The molecule has 0 aliphatic heterocycles. The van der Waals surface area contributed by atoms with E-state index in [1.807, 2.05) is 6.20 Å². The van der Waals surface area contributed by atoms with Crippen molar-refractivity contribution in [3.63, 3.8) is 0 Å². The van der Waals surface area contributed by atoms with Crippen LogP contribution in [0.3, 0.4) is 0 Å². The third-order valence-electron chi connectivity index (χ3n) is 4.99. The van der Waals surface area contributed by atoms with Gasteiger partial charge < -0.3 is 4.74 Å². The number of hydrogen-bond donors (Lipinski definition) is 0. The zero-order valence-electron chi connectivity index (χ0n) is 17.2. The molecule has 2 nitrogen and oxygen atoms in total. The van der Waals surface area contributed by atoms with Gasteiger partial charge in [-0.3, -0.25) is 4.98 Å². The molecule has 3 aromatic rings. The summed E-state index contributed by atoms with van der Waals surface area (Å²) in [4.78, 5) is 4.63. The fourth-order valence-electron chi connectivity index (χ4n) is 3.23. The van der Waals surface area contributed by atoms with E-state index < -0.39 is 0 Å². The molecule has 146 valence electrons. The normalized spacial score (nSPS) is 10.8. The van der Waals surface area contributed by atoms with E-state index in [2.05, 4.69) is 79.5 Å². The summed E-state index contributed by atoms with van der Waals surface area (Å²) in [5, 5.41) is 0. The van der Waals surface area contributed by atoms with Crippen molar-refractivity contribution in [3.05, 3.63) is 83.7 Å². The van der Waals surface area contributed by atoms with Crippen molar-refractivity contribution in [1.82, 2.24) is 4.98 Å². The first-order valence-corrected chi connectivity index (χ1v) is 10.5. The minimum atomic E-state index is 0.768. The number of rotatable bonds is 10. The van der Waals surface area contributed by atoms with Crippen LogP contribution in [0.2, 0.25) is 0 Å². The summed E-state index contributed by atoms with van der Waals surface area (Å²) in [5.41, 5.74) is 6.33. The average Bonchev–Trinajstić information content (AvgIpc) is 2.76. The zero-order valence-corrected chi connectivity index (χ0v) is 17.2. The van der Waals surface area contributed by atoms with Gasteiger partial charge in [-0.2, -0.15) is 0 Å². The van der Waals surface area contributed by atoms with Gasteiger partial charge in [0.25, 0.3) is 0 Å². The Kier molecular flexibility index (Phi) is 7.66. The van der Waals surface area contributed by atoms with Gasteiger partial charge in [0, 0.05) is 11.9 Å². The second-order valence-electron chi connectivity index (χ2n) is 7.33. The van der Waals surface area contributed by atoms with Crippen LogP contribution >= 0.6 is 0 Å². The van der Waals surface area contributed by atoms with E-state index in [9.17, 15) is 0 Å². The van der Waals surface area contributed by atoms with Gasteiger partial charge in [0.05, 0.1) is 6.61 Å². The van der Waals surface area contributed by atoms with Crippen LogP contribution in [0.4, 0.5) is 0 Å². The Morgan fingerprint density at radius 3 is 1.96 bits per heavy atom. The highest BCUT2D eigenvalue weighted by Gasteiger charge is 2.02. The maximum atomic E-state index is 5.66. The molecular formula is C26H31NO. The van der Waals surface area contributed by atoms with Gasteiger partial charge in [-0.1, -0.05) is 62.7 Å². The Bertz CT molecular complexity index is 820. The SMILES string of the molecule is CCCCc1ccc(CCc2ccc(-c3ccc(OCCC)cc3)cc2)nc1.